The largest absolute Gasteiger partial charge is 0.394 e. The van der Waals surface area contributed by atoms with E-state index in [1.54, 1.807) is 4.90 Å². The number of benzene rings is 2. The number of aromatic nitrogens is 1. The van der Waals surface area contributed by atoms with Gasteiger partial charge in [-0.1, -0.05) is 55.9 Å². The molecule has 4 rings (SSSR count). The SMILES string of the molecule is C#Cc1ccc(C2c3[nH]c4ccccc4c3CC(CO)N2C(=O)C#C[Si](C)(C)C)cc1. The maximum absolute atomic E-state index is 13.4. The van der Waals surface area contributed by atoms with E-state index >= 15 is 0 Å². The maximum Gasteiger partial charge on any atom is 0.299 e. The summed E-state index contributed by atoms with van der Waals surface area (Å²) in [5.74, 6) is 5.27. The van der Waals surface area contributed by atoms with Gasteiger partial charge in [-0.3, -0.25) is 4.79 Å². The minimum absolute atomic E-state index is 0.127. The standard InChI is InChI=1S/C26H26N2O2Si/c1-5-18-10-12-19(13-11-18)26-25-22(21-8-6-7-9-23(21)27-25)16-20(17-29)28(26)24(30)14-15-31(2,3)4/h1,6-13,20,26-27,29H,16-17H2,2-4H3. The molecule has 2 N–H and O–H groups in total. The van der Waals surface area contributed by atoms with Gasteiger partial charge >= 0.3 is 0 Å². The minimum Gasteiger partial charge on any atom is -0.394 e. The van der Waals surface area contributed by atoms with Crippen LogP contribution in [0.25, 0.3) is 10.9 Å². The number of rotatable bonds is 2. The number of carbonyl (C=O) groups excluding carboxylic acids is 1. The highest BCUT2D eigenvalue weighted by Crippen LogP contribution is 2.40. The molecule has 0 bridgehead atoms. The highest BCUT2D eigenvalue weighted by molar-refractivity contribution is 6.84. The monoisotopic (exact) mass is 426 g/mol. The van der Waals surface area contributed by atoms with Crippen LogP contribution < -0.4 is 0 Å². The van der Waals surface area contributed by atoms with E-state index in [4.69, 9.17) is 6.42 Å². The predicted molar refractivity (Wildman–Crippen MR) is 127 cm³/mol. The van der Waals surface area contributed by atoms with Crippen molar-refractivity contribution in [3.05, 3.63) is 70.9 Å². The first-order valence-corrected chi connectivity index (χ1v) is 13.9. The molecule has 5 heteroatoms. The lowest BCUT2D eigenvalue weighted by atomic mass is 9.88. The molecular weight excluding hydrogens is 400 g/mol. The first-order valence-electron chi connectivity index (χ1n) is 10.4. The zero-order chi connectivity index (χ0) is 22.2. The summed E-state index contributed by atoms with van der Waals surface area (Å²) in [6.07, 6.45) is 6.12. The van der Waals surface area contributed by atoms with Crippen LogP contribution in [-0.2, 0) is 11.2 Å². The third-order valence-electron chi connectivity index (χ3n) is 5.61. The molecule has 156 valence electrons. The van der Waals surface area contributed by atoms with E-state index in [9.17, 15) is 9.90 Å². The van der Waals surface area contributed by atoms with E-state index < -0.39 is 8.07 Å². The summed E-state index contributed by atoms with van der Waals surface area (Å²) < 4.78 is 0. The fraction of sp³-hybridized carbons (Fsp3) is 0.269. The molecule has 2 aromatic carbocycles. The van der Waals surface area contributed by atoms with Crippen LogP contribution >= 0.6 is 0 Å². The zero-order valence-corrected chi connectivity index (χ0v) is 19.1. The number of nitrogens with one attached hydrogen (secondary N) is 1. The first kappa shape index (κ1) is 21.0. The summed E-state index contributed by atoms with van der Waals surface area (Å²) in [4.78, 5) is 18.6. The second-order valence-electron chi connectivity index (χ2n) is 8.98. The molecule has 1 aliphatic heterocycles. The van der Waals surface area contributed by atoms with Gasteiger partial charge in [0.1, 0.15) is 8.07 Å². The van der Waals surface area contributed by atoms with E-state index in [-0.39, 0.29) is 24.6 Å². The summed E-state index contributed by atoms with van der Waals surface area (Å²) in [5.41, 5.74) is 8.05. The number of aliphatic hydroxyl groups is 1. The number of carbonyl (C=O) groups is 1. The number of aromatic amines is 1. The molecular formula is C26H26N2O2Si. The summed E-state index contributed by atoms with van der Waals surface area (Å²) in [6, 6.07) is 15.1. The number of nitrogens with zero attached hydrogens (tertiary/aromatic N) is 1. The third kappa shape index (κ3) is 4.03. The Morgan fingerprint density at radius 1 is 1.19 bits per heavy atom. The number of H-pyrrole nitrogens is 1. The number of amides is 1. The summed E-state index contributed by atoms with van der Waals surface area (Å²) in [7, 11) is -1.73. The van der Waals surface area contributed by atoms with Crippen molar-refractivity contribution in [1.29, 1.82) is 0 Å². The Morgan fingerprint density at radius 2 is 1.90 bits per heavy atom. The van der Waals surface area contributed by atoms with E-state index in [1.165, 1.54) is 0 Å². The summed E-state index contributed by atoms with van der Waals surface area (Å²) >= 11 is 0. The van der Waals surface area contributed by atoms with Gasteiger partial charge in [0, 0.05) is 22.2 Å². The Bertz CT molecular complexity index is 1230. The number of para-hydroxylation sites is 1. The normalized spacial score (nSPS) is 18.1. The molecule has 3 aromatic rings. The van der Waals surface area contributed by atoms with Gasteiger partial charge in [-0.25, -0.2) is 0 Å². The molecule has 0 aliphatic carbocycles. The zero-order valence-electron chi connectivity index (χ0n) is 18.1. The molecule has 1 aromatic heterocycles. The van der Waals surface area contributed by atoms with Gasteiger partial charge in [0.2, 0.25) is 0 Å². The molecule has 2 heterocycles. The van der Waals surface area contributed by atoms with Crippen molar-refractivity contribution in [2.75, 3.05) is 6.61 Å². The van der Waals surface area contributed by atoms with Crippen LogP contribution in [-0.4, -0.2) is 41.6 Å². The third-order valence-corrected chi connectivity index (χ3v) is 6.49. The van der Waals surface area contributed by atoms with Gasteiger partial charge in [-0.2, -0.15) is 0 Å². The lowest BCUT2D eigenvalue weighted by Gasteiger charge is -2.40. The summed E-state index contributed by atoms with van der Waals surface area (Å²) in [5, 5.41) is 11.4. The van der Waals surface area contributed by atoms with Crippen LogP contribution in [0.4, 0.5) is 0 Å². The molecule has 0 saturated carbocycles. The molecule has 0 saturated heterocycles. The number of aliphatic hydroxyl groups excluding tert-OH is 1. The van der Waals surface area contributed by atoms with Crippen LogP contribution in [0.15, 0.2) is 48.5 Å². The van der Waals surface area contributed by atoms with Gasteiger partial charge < -0.3 is 15.0 Å². The highest BCUT2D eigenvalue weighted by atomic mass is 28.3. The Balaban J connectivity index is 1.91. The van der Waals surface area contributed by atoms with Crippen LogP contribution in [0, 0.1) is 23.8 Å². The summed E-state index contributed by atoms with van der Waals surface area (Å²) in [6.45, 7) is 6.20. The molecule has 0 radical (unpaired) electrons. The van der Waals surface area contributed by atoms with Crippen molar-refractivity contribution >= 4 is 24.9 Å². The molecule has 31 heavy (non-hydrogen) atoms. The lowest BCUT2D eigenvalue weighted by molar-refractivity contribution is -0.131. The van der Waals surface area contributed by atoms with Crippen LogP contribution in [0.1, 0.15) is 28.4 Å². The molecule has 1 aliphatic rings. The number of fused-ring (bicyclic) bond motifs is 3. The van der Waals surface area contributed by atoms with E-state index in [1.807, 2.05) is 42.5 Å². The van der Waals surface area contributed by atoms with E-state index in [0.717, 1.165) is 33.3 Å². The topological polar surface area (TPSA) is 56.3 Å². The Labute approximate surface area is 184 Å². The minimum atomic E-state index is -1.73. The smallest absolute Gasteiger partial charge is 0.299 e. The van der Waals surface area contributed by atoms with E-state index in [0.29, 0.717) is 6.42 Å². The predicted octanol–water partition coefficient (Wildman–Crippen LogP) is 3.87. The second-order valence-corrected chi connectivity index (χ2v) is 13.7. The van der Waals surface area contributed by atoms with Crippen molar-refractivity contribution in [2.45, 2.75) is 38.1 Å². The Kier molecular flexibility index (Phi) is 5.50. The van der Waals surface area contributed by atoms with Crippen LogP contribution in [0.5, 0.6) is 0 Å². The second kappa shape index (κ2) is 8.11. The first-order chi connectivity index (χ1) is 14.8. The highest BCUT2D eigenvalue weighted by Gasteiger charge is 2.39. The van der Waals surface area contributed by atoms with Crippen molar-refractivity contribution in [1.82, 2.24) is 9.88 Å². The quantitative estimate of drug-likeness (QED) is 0.483. The number of hydrogen-bond acceptors (Lipinski definition) is 2. The molecule has 0 spiro atoms. The van der Waals surface area contributed by atoms with Crippen molar-refractivity contribution < 1.29 is 9.90 Å². The Morgan fingerprint density at radius 3 is 2.55 bits per heavy atom. The van der Waals surface area contributed by atoms with Gasteiger partial charge in [-0.15, -0.1) is 12.0 Å². The van der Waals surface area contributed by atoms with E-state index in [2.05, 4.69) is 48.1 Å². The fourth-order valence-electron chi connectivity index (χ4n) is 4.19. The van der Waals surface area contributed by atoms with Gasteiger partial charge in [0.15, 0.2) is 0 Å². The van der Waals surface area contributed by atoms with Crippen molar-refractivity contribution in [3.8, 4) is 23.8 Å². The Hall–Kier alpha value is -3.25. The number of terminal acetylenes is 1. The lowest BCUT2D eigenvalue weighted by Crippen LogP contribution is -2.49. The van der Waals surface area contributed by atoms with Gasteiger partial charge in [-0.05, 0) is 41.7 Å². The average Bonchev–Trinajstić information content (AvgIpc) is 3.14. The van der Waals surface area contributed by atoms with Gasteiger partial charge in [0.05, 0.1) is 18.7 Å². The molecule has 2 atom stereocenters. The molecule has 4 nitrogen and oxygen atoms in total. The van der Waals surface area contributed by atoms with Crippen molar-refractivity contribution in [2.24, 2.45) is 0 Å². The molecule has 1 amide bonds. The van der Waals surface area contributed by atoms with Crippen LogP contribution in [0.3, 0.4) is 0 Å². The van der Waals surface area contributed by atoms with Crippen LogP contribution in [0.2, 0.25) is 19.6 Å². The maximum atomic E-state index is 13.4. The molecule has 2 unspecified atom stereocenters. The number of hydrogen-bond donors (Lipinski definition) is 2. The fourth-order valence-corrected chi connectivity index (χ4v) is 4.67. The average molecular weight is 427 g/mol. The van der Waals surface area contributed by atoms with Gasteiger partial charge in [0.25, 0.3) is 5.91 Å². The van der Waals surface area contributed by atoms with Crippen molar-refractivity contribution in [3.63, 3.8) is 0 Å². The molecule has 0 fully saturated rings.